The zero-order valence-corrected chi connectivity index (χ0v) is 15.4. The molecule has 1 saturated heterocycles. The maximum absolute atomic E-state index is 12.6. The number of alkyl halides is 3. The van der Waals surface area contributed by atoms with Crippen LogP contribution in [-0.2, 0) is 4.79 Å². The molecule has 2 heterocycles. The molecule has 3 N–H and O–H groups in total. The monoisotopic (exact) mass is 403 g/mol. The zero-order valence-electron chi connectivity index (χ0n) is 14.6. The van der Waals surface area contributed by atoms with E-state index in [9.17, 15) is 18.0 Å². The Bertz CT molecular complexity index is 798. The molecular formula is C17H21ClF3N5O. The lowest BCUT2D eigenvalue weighted by Crippen LogP contribution is -2.57. The molecule has 3 atom stereocenters. The van der Waals surface area contributed by atoms with Crippen LogP contribution in [0.3, 0.4) is 0 Å². The molecule has 1 aliphatic heterocycles. The van der Waals surface area contributed by atoms with Crippen LogP contribution in [0.5, 0.6) is 0 Å². The summed E-state index contributed by atoms with van der Waals surface area (Å²) in [6.45, 7) is 3.09. The topological polar surface area (TPSA) is 84.1 Å². The number of hydrogen-bond donors (Lipinski definition) is 2. The number of nitrogens with one attached hydrogen (secondary N) is 1. The van der Waals surface area contributed by atoms with Gasteiger partial charge in [-0.25, -0.2) is 0 Å². The molecule has 0 spiro atoms. The quantitative estimate of drug-likeness (QED) is 0.821. The number of para-hydroxylation sites is 1. The fraction of sp³-hybridized carbons (Fsp3) is 0.471. The molecule has 0 aliphatic carbocycles. The number of piperidine rings is 1. The van der Waals surface area contributed by atoms with E-state index in [1.54, 1.807) is 12.4 Å². The summed E-state index contributed by atoms with van der Waals surface area (Å²) < 4.78 is 37.9. The number of anilines is 1. The van der Waals surface area contributed by atoms with Crippen LogP contribution >= 0.6 is 12.4 Å². The van der Waals surface area contributed by atoms with E-state index < -0.39 is 24.2 Å². The fourth-order valence-corrected chi connectivity index (χ4v) is 3.33. The van der Waals surface area contributed by atoms with E-state index in [0.29, 0.717) is 19.5 Å². The van der Waals surface area contributed by atoms with Crippen LogP contribution in [0.1, 0.15) is 13.3 Å². The third kappa shape index (κ3) is 4.78. The zero-order chi connectivity index (χ0) is 18.9. The van der Waals surface area contributed by atoms with Gasteiger partial charge in [0.25, 0.3) is 0 Å². The smallest absolute Gasteiger partial charge is 0.367 e. The molecule has 0 bridgehead atoms. The van der Waals surface area contributed by atoms with E-state index in [1.165, 1.54) is 0 Å². The number of hydrogen-bond acceptors (Lipinski definition) is 5. The second kappa shape index (κ2) is 8.26. The fourth-order valence-electron chi connectivity index (χ4n) is 3.33. The molecule has 148 valence electrons. The van der Waals surface area contributed by atoms with E-state index in [1.807, 2.05) is 30.0 Å². The second-order valence-electron chi connectivity index (χ2n) is 6.67. The first-order valence-corrected chi connectivity index (χ1v) is 8.33. The Kier molecular flexibility index (Phi) is 6.48. The van der Waals surface area contributed by atoms with Gasteiger partial charge in [0, 0.05) is 31.5 Å². The van der Waals surface area contributed by atoms with Crippen molar-refractivity contribution >= 4 is 35.0 Å². The Balaban J connectivity index is 0.00000261. The summed E-state index contributed by atoms with van der Waals surface area (Å²) in [6, 6.07) is 2.66. The number of halogens is 4. The van der Waals surface area contributed by atoms with Gasteiger partial charge in [-0.1, -0.05) is 13.0 Å². The number of rotatable bonds is 3. The molecule has 0 saturated carbocycles. The van der Waals surface area contributed by atoms with E-state index >= 15 is 0 Å². The molecule has 27 heavy (non-hydrogen) atoms. The van der Waals surface area contributed by atoms with E-state index in [-0.39, 0.29) is 18.3 Å². The van der Waals surface area contributed by atoms with Crippen LogP contribution in [0.2, 0.25) is 0 Å². The Morgan fingerprint density at radius 2 is 2.00 bits per heavy atom. The maximum atomic E-state index is 12.6. The predicted octanol–water partition coefficient (Wildman–Crippen LogP) is 2.27. The lowest BCUT2D eigenvalue weighted by molar-refractivity contribution is -0.163. The molecular weight excluding hydrogens is 383 g/mol. The van der Waals surface area contributed by atoms with Crippen LogP contribution in [0, 0.1) is 5.92 Å². The van der Waals surface area contributed by atoms with Crippen molar-refractivity contribution in [1.82, 2.24) is 15.3 Å². The Labute approximate surface area is 160 Å². The first-order chi connectivity index (χ1) is 12.3. The summed E-state index contributed by atoms with van der Waals surface area (Å²) in [5.41, 5.74) is 7.31. The number of carbonyl (C=O) groups is 1. The van der Waals surface area contributed by atoms with Crippen LogP contribution in [0.15, 0.2) is 30.6 Å². The van der Waals surface area contributed by atoms with Crippen molar-refractivity contribution in [2.45, 2.75) is 31.6 Å². The maximum Gasteiger partial charge on any atom is 0.412 e. The predicted molar refractivity (Wildman–Crippen MR) is 98.7 cm³/mol. The minimum absolute atomic E-state index is 0. The third-order valence-electron chi connectivity index (χ3n) is 4.46. The highest BCUT2D eigenvalue weighted by atomic mass is 35.5. The number of carbonyl (C=O) groups excluding carboxylic acids is 1. The normalized spacial score (nSPS) is 21.4. The highest BCUT2D eigenvalue weighted by molar-refractivity contribution is 5.88. The lowest BCUT2D eigenvalue weighted by Gasteiger charge is -2.38. The van der Waals surface area contributed by atoms with Gasteiger partial charge >= 0.3 is 6.18 Å². The molecule has 0 radical (unpaired) electrons. The average molecular weight is 404 g/mol. The number of amides is 1. The van der Waals surface area contributed by atoms with Crippen LogP contribution in [-0.4, -0.2) is 47.2 Å². The van der Waals surface area contributed by atoms with Crippen molar-refractivity contribution in [2.24, 2.45) is 11.7 Å². The molecule has 1 fully saturated rings. The standard InChI is InChI=1S/C17H20F3N5O.ClH/c1-10-7-11(24-16(26)15(21)17(18,19)20)9-25(8-10)13-4-2-3-12-14(13)23-6-5-22-12;/h2-6,10-11,15H,7-9,21H2,1H3,(H,24,26);1H/t10-,11+,15+;/m0./s1. The second-order valence-corrected chi connectivity index (χ2v) is 6.67. The molecule has 0 unspecified atom stereocenters. The largest absolute Gasteiger partial charge is 0.412 e. The van der Waals surface area contributed by atoms with E-state index in [0.717, 1.165) is 16.7 Å². The number of aromatic nitrogens is 2. The van der Waals surface area contributed by atoms with Crippen LogP contribution in [0.4, 0.5) is 18.9 Å². The first kappa shape index (κ1) is 21.2. The van der Waals surface area contributed by atoms with Gasteiger partial charge in [0.2, 0.25) is 5.91 Å². The number of benzene rings is 1. The van der Waals surface area contributed by atoms with Gasteiger partial charge in [-0.15, -0.1) is 12.4 Å². The molecule has 10 heteroatoms. The van der Waals surface area contributed by atoms with Gasteiger partial charge in [-0.3, -0.25) is 14.8 Å². The van der Waals surface area contributed by atoms with Crippen molar-refractivity contribution in [3.05, 3.63) is 30.6 Å². The average Bonchev–Trinajstić information content (AvgIpc) is 2.59. The van der Waals surface area contributed by atoms with Crippen molar-refractivity contribution in [2.75, 3.05) is 18.0 Å². The van der Waals surface area contributed by atoms with Crippen LogP contribution in [0.25, 0.3) is 11.0 Å². The van der Waals surface area contributed by atoms with Crippen molar-refractivity contribution in [3.8, 4) is 0 Å². The SMILES string of the molecule is C[C@H]1C[C@@H](NC(=O)[C@@H](N)C(F)(F)F)CN(c2cccc3nccnc23)C1.Cl. The summed E-state index contributed by atoms with van der Waals surface area (Å²) >= 11 is 0. The minimum Gasteiger partial charge on any atom is -0.367 e. The van der Waals surface area contributed by atoms with E-state index in [4.69, 9.17) is 5.73 Å². The van der Waals surface area contributed by atoms with Crippen molar-refractivity contribution in [3.63, 3.8) is 0 Å². The molecule has 1 aliphatic rings. The number of nitrogens with zero attached hydrogens (tertiary/aromatic N) is 3. The molecule has 3 rings (SSSR count). The first-order valence-electron chi connectivity index (χ1n) is 8.33. The van der Waals surface area contributed by atoms with Gasteiger partial charge in [0.15, 0.2) is 6.04 Å². The van der Waals surface area contributed by atoms with Gasteiger partial charge in [-0.05, 0) is 24.5 Å². The van der Waals surface area contributed by atoms with Gasteiger partial charge in [-0.2, -0.15) is 13.2 Å². The number of nitrogens with two attached hydrogens (primary N) is 1. The molecule has 1 aromatic heterocycles. The summed E-state index contributed by atoms with van der Waals surface area (Å²) in [7, 11) is 0. The van der Waals surface area contributed by atoms with Gasteiger partial charge in [0.1, 0.15) is 5.52 Å². The summed E-state index contributed by atoms with van der Waals surface area (Å²) in [5.74, 6) is -1.02. The molecule has 6 nitrogen and oxygen atoms in total. The molecule has 1 aromatic carbocycles. The van der Waals surface area contributed by atoms with Gasteiger partial charge < -0.3 is 16.0 Å². The van der Waals surface area contributed by atoms with Gasteiger partial charge in [0.05, 0.1) is 11.2 Å². The highest BCUT2D eigenvalue weighted by Crippen LogP contribution is 2.28. The number of fused-ring (bicyclic) bond motifs is 1. The van der Waals surface area contributed by atoms with E-state index in [2.05, 4.69) is 15.3 Å². The van der Waals surface area contributed by atoms with Crippen molar-refractivity contribution in [1.29, 1.82) is 0 Å². The minimum atomic E-state index is -4.75. The summed E-state index contributed by atoms with van der Waals surface area (Å²) in [5, 5.41) is 2.44. The highest BCUT2D eigenvalue weighted by Gasteiger charge is 2.43. The summed E-state index contributed by atoms with van der Waals surface area (Å²) in [6.07, 6.45) is -0.966. The lowest BCUT2D eigenvalue weighted by atomic mass is 9.95. The molecule has 1 amide bonds. The van der Waals surface area contributed by atoms with Crippen molar-refractivity contribution < 1.29 is 18.0 Å². The Hall–Kier alpha value is -2.13. The Morgan fingerprint density at radius 1 is 1.30 bits per heavy atom. The molecule has 2 aromatic rings. The van der Waals surface area contributed by atoms with Crippen LogP contribution < -0.4 is 16.0 Å². The Morgan fingerprint density at radius 3 is 2.70 bits per heavy atom. The summed E-state index contributed by atoms with van der Waals surface area (Å²) in [4.78, 5) is 22.5. The third-order valence-corrected chi connectivity index (χ3v) is 4.46.